The molecule has 0 spiro atoms. The highest BCUT2D eigenvalue weighted by atomic mass is 16.5. The van der Waals surface area contributed by atoms with Crippen LogP contribution in [0.3, 0.4) is 0 Å². The largest absolute Gasteiger partial charge is 0.475 e. The average molecular weight is 139 g/mol. The molecule has 56 valence electrons. The number of hydrogen-bond donors (Lipinski definition) is 1. The zero-order chi connectivity index (χ0) is 7.98. The molecule has 0 aromatic carbocycles. The summed E-state index contributed by atoms with van der Waals surface area (Å²) in [6.45, 7) is 7.24. The molecule has 2 nitrogen and oxygen atoms in total. The first-order chi connectivity index (χ1) is 4.66. The van der Waals surface area contributed by atoms with Gasteiger partial charge in [-0.25, -0.2) is 0 Å². The Kier molecular flexibility index (Phi) is 4.29. The Bertz CT molecular complexity index is 147. The summed E-state index contributed by atoms with van der Waals surface area (Å²) in [6.07, 6.45) is 4.91. The van der Waals surface area contributed by atoms with Crippen molar-refractivity contribution in [2.75, 3.05) is 0 Å². The lowest BCUT2D eigenvalue weighted by Crippen LogP contribution is -2.07. The van der Waals surface area contributed by atoms with Gasteiger partial charge >= 0.3 is 0 Å². The summed E-state index contributed by atoms with van der Waals surface area (Å²) < 4.78 is 5.00. The number of rotatable bonds is 3. The minimum atomic E-state index is 0.0713. The van der Waals surface area contributed by atoms with E-state index in [0.717, 1.165) is 0 Å². The topological polar surface area (TPSA) is 33.1 Å². The molecule has 0 unspecified atom stereocenters. The highest BCUT2D eigenvalue weighted by Crippen LogP contribution is 1.90. The fourth-order valence-electron chi connectivity index (χ4n) is 0.449. The Labute approximate surface area is 61.7 Å². The summed E-state index contributed by atoms with van der Waals surface area (Å²) in [7, 11) is 0. The number of nitrogens with one attached hydrogen (secondary N) is 1. The first-order valence-corrected chi connectivity index (χ1v) is 3.21. The normalized spacial score (nSPS) is 10.3. The van der Waals surface area contributed by atoms with Gasteiger partial charge in [-0.3, -0.25) is 5.41 Å². The van der Waals surface area contributed by atoms with Gasteiger partial charge < -0.3 is 4.74 Å². The molecule has 0 rings (SSSR count). The summed E-state index contributed by atoms with van der Waals surface area (Å²) in [5.74, 6) is 0.176. The maximum atomic E-state index is 7.17. The molecule has 1 N–H and O–H groups in total. The standard InChI is InChI=1S/C8H13NO/c1-4-5-6-8(9)10-7(2)3/h4-7,9H,1H2,2-3H3/b6-5-,9-8?. The molecule has 0 saturated carbocycles. The summed E-state index contributed by atoms with van der Waals surface area (Å²) >= 11 is 0. The van der Waals surface area contributed by atoms with E-state index in [1.807, 2.05) is 13.8 Å². The van der Waals surface area contributed by atoms with Crippen molar-refractivity contribution in [3.8, 4) is 0 Å². The molecule has 0 bridgehead atoms. The predicted octanol–water partition coefficient (Wildman–Crippen LogP) is 2.13. The first kappa shape index (κ1) is 8.95. The zero-order valence-corrected chi connectivity index (χ0v) is 6.42. The molecular weight excluding hydrogens is 126 g/mol. The third kappa shape index (κ3) is 5.09. The third-order valence-corrected chi connectivity index (χ3v) is 0.746. The zero-order valence-electron chi connectivity index (χ0n) is 6.42. The molecule has 0 radical (unpaired) electrons. The van der Waals surface area contributed by atoms with E-state index in [1.165, 1.54) is 0 Å². The lowest BCUT2D eigenvalue weighted by molar-refractivity contribution is 0.228. The maximum absolute atomic E-state index is 7.17. The summed E-state index contributed by atoms with van der Waals surface area (Å²) in [5, 5.41) is 7.17. The smallest absolute Gasteiger partial charge is 0.205 e. The van der Waals surface area contributed by atoms with E-state index in [2.05, 4.69) is 6.58 Å². The van der Waals surface area contributed by atoms with Crippen LogP contribution < -0.4 is 0 Å². The van der Waals surface area contributed by atoms with Crippen LogP contribution in [0.25, 0.3) is 0 Å². The van der Waals surface area contributed by atoms with Crippen molar-refractivity contribution in [3.63, 3.8) is 0 Å². The van der Waals surface area contributed by atoms with E-state index in [1.54, 1.807) is 18.2 Å². The Balaban J connectivity index is 3.64. The molecule has 0 aromatic heterocycles. The second-order valence-electron chi connectivity index (χ2n) is 2.13. The van der Waals surface area contributed by atoms with Gasteiger partial charge in [-0.05, 0) is 19.9 Å². The summed E-state index contributed by atoms with van der Waals surface area (Å²) in [5.41, 5.74) is 0. The van der Waals surface area contributed by atoms with Gasteiger partial charge in [0.2, 0.25) is 5.90 Å². The molecule has 0 fully saturated rings. The lowest BCUT2D eigenvalue weighted by atomic mass is 10.4. The highest BCUT2D eigenvalue weighted by molar-refractivity contribution is 5.85. The van der Waals surface area contributed by atoms with Gasteiger partial charge in [-0.2, -0.15) is 0 Å². The van der Waals surface area contributed by atoms with Crippen molar-refractivity contribution in [1.82, 2.24) is 0 Å². The summed E-state index contributed by atoms with van der Waals surface area (Å²) in [6, 6.07) is 0. The van der Waals surface area contributed by atoms with Crippen LogP contribution in [0.1, 0.15) is 13.8 Å². The van der Waals surface area contributed by atoms with Gasteiger partial charge in [0, 0.05) is 0 Å². The van der Waals surface area contributed by atoms with Crippen LogP contribution in [0.4, 0.5) is 0 Å². The molecule has 0 aromatic rings. The molecule has 0 amide bonds. The van der Waals surface area contributed by atoms with Crippen LogP contribution in [-0.2, 0) is 4.74 Å². The van der Waals surface area contributed by atoms with E-state index < -0.39 is 0 Å². The van der Waals surface area contributed by atoms with Gasteiger partial charge in [0.15, 0.2) is 0 Å². The first-order valence-electron chi connectivity index (χ1n) is 3.21. The SMILES string of the molecule is C=C/C=C\C(=N)OC(C)C. The Morgan fingerprint density at radius 3 is 2.60 bits per heavy atom. The minimum Gasteiger partial charge on any atom is -0.475 e. The lowest BCUT2D eigenvalue weighted by Gasteiger charge is -2.05. The third-order valence-electron chi connectivity index (χ3n) is 0.746. The highest BCUT2D eigenvalue weighted by Gasteiger charge is 1.93. The van der Waals surface area contributed by atoms with Crippen molar-refractivity contribution in [1.29, 1.82) is 5.41 Å². The second kappa shape index (κ2) is 4.79. The molecule has 0 aliphatic heterocycles. The molecule has 2 heteroatoms. The maximum Gasteiger partial charge on any atom is 0.205 e. The Morgan fingerprint density at radius 2 is 2.20 bits per heavy atom. The van der Waals surface area contributed by atoms with Crippen molar-refractivity contribution < 1.29 is 4.74 Å². The minimum absolute atomic E-state index is 0.0713. The van der Waals surface area contributed by atoms with E-state index in [9.17, 15) is 0 Å². The monoisotopic (exact) mass is 139 g/mol. The summed E-state index contributed by atoms with van der Waals surface area (Å²) in [4.78, 5) is 0. The van der Waals surface area contributed by atoms with Crippen LogP contribution in [0, 0.1) is 5.41 Å². The van der Waals surface area contributed by atoms with Crippen LogP contribution in [-0.4, -0.2) is 12.0 Å². The van der Waals surface area contributed by atoms with Crippen molar-refractivity contribution in [2.45, 2.75) is 20.0 Å². The number of allylic oxidation sites excluding steroid dienone is 2. The van der Waals surface area contributed by atoms with E-state index in [-0.39, 0.29) is 12.0 Å². The van der Waals surface area contributed by atoms with Crippen molar-refractivity contribution in [2.24, 2.45) is 0 Å². The van der Waals surface area contributed by atoms with Crippen LogP contribution in [0.5, 0.6) is 0 Å². The van der Waals surface area contributed by atoms with Gasteiger partial charge in [-0.15, -0.1) is 0 Å². The number of hydrogen-bond acceptors (Lipinski definition) is 2. The molecule has 0 saturated heterocycles. The molecular formula is C8H13NO. The van der Waals surface area contributed by atoms with Gasteiger partial charge in [0.25, 0.3) is 0 Å². The van der Waals surface area contributed by atoms with Crippen molar-refractivity contribution >= 4 is 5.90 Å². The average Bonchev–Trinajstić information content (AvgIpc) is 1.82. The second-order valence-corrected chi connectivity index (χ2v) is 2.13. The molecule has 0 heterocycles. The molecule has 0 aliphatic carbocycles. The van der Waals surface area contributed by atoms with Crippen LogP contribution in [0.15, 0.2) is 24.8 Å². The van der Waals surface area contributed by atoms with Crippen molar-refractivity contribution in [3.05, 3.63) is 24.8 Å². The fraction of sp³-hybridized carbons (Fsp3) is 0.375. The Morgan fingerprint density at radius 1 is 1.60 bits per heavy atom. The Hall–Kier alpha value is -1.05. The molecule has 0 aliphatic rings. The van der Waals surface area contributed by atoms with E-state index in [4.69, 9.17) is 10.1 Å². The predicted molar refractivity (Wildman–Crippen MR) is 43.3 cm³/mol. The number of ether oxygens (including phenoxy) is 1. The van der Waals surface area contributed by atoms with Crippen LogP contribution in [0.2, 0.25) is 0 Å². The van der Waals surface area contributed by atoms with E-state index in [0.29, 0.717) is 0 Å². The van der Waals surface area contributed by atoms with Gasteiger partial charge in [-0.1, -0.05) is 18.7 Å². The quantitative estimate of drug-likeness (QED) is 0.362. The van der Waals surface area contributed by atoms with E-state index >= 15 is 0 Å². The van der Waals surface area contributed by atoms with Gasteiger partial charge in [0.1, 0.15) is 0 Å². The fourth-order valence-corrected chi connectivity index (χ4v) is 0.449. The van der Waals surface area contributed by atoms with Crippen LogP contribution >= 0.6 is 0 Å². The molecule has 10 heavy (non-hydrogen) atoms. The molecule has 0 atom stereocenters. The van der Waals surface area contributed by atoms with Gasteiger partial charge in [0.05, 0.1) is 6.10 Å².